The molecule has 3 rings (SSSR count). The summed E-state index contributed by atoms with van der Waals surface area (Å²) < 4.78 is 43.3. The maximum absolute atomic E-state index is 12.9. The Balaban J connectivity index is 1.76. The van der Waals surface area contributed by atoms with Crippen LogP contribution >= 0.6 is 0 Å². The average Bonchev–Trinajstić information content (AvgIpc) is 2.67. The van der Waals surface area contributed by atoms with Gasteiger partial charge in [-0.25, -0.2) is 8.42 Å². The van der Waals surface area contributed by atoms with E-state index in [2.05, 4.69) is 6.07 Å². The molecule has 1 atom stereocenters. The van der Waals surface area contributed by atoms with E-state index in [0.29, 0.717) is 24.5 Å². The lowest BCUT2D eigenvalue weighted by molar-refractivity contribution is 0.0202. The summed E-state index contributed by atoms with van der Waals surface area (Å²) in [6.45, 7) is 0.788. The zero-order chi connectivity index (χ0) is 18.7. The average molecular weight is 377 g/mol. The molecule has 0 aromatic heterocycles. The number of likely N-dealkylation sites (N-methyl/N-ethyl adjacent to an activating group) is 1. The van der Waals surface area contributed by atoms with Crippen LogP contribution in [0.5, 0.6) is 11.5 Å². The number of nitrogens with zero attached hydrogens (tertiary/aromatic N) is 1. The lowest BCUT2D eigenvalue weighted by Crippen LogP contribution is -2.38. The van der Waals surface area contributed by atoms with E-state index in [9.17, 15) is 8.42 Å². The largest absolute Gasteiger partial charge is 0.493 e. The number of ether oxygens (including phenoxy) is 3. The van der Waals surface area contributed by atoms with Gasteiger partial charge < -0.3 is 14.2 Å². The SMILES string of the molecule is COc1ccc(S(=O)(=O)N(C)CC2Cc3ccccc3CO2)cc1OC. The van der Waals surface area contributed by atoms with E-state index < -0.39 is 10.0 Å². The van der Waals surface area contributed by atoms with Crippen LogP contribution in [0.4, 0.5) is 0 Å². The second-order valence-electron chi connectivity index (χ2n) is 6.21. The number of benzene rings is 2. The van der Waals surface area contributed by atoms with E-state index in [1.165, 1.54) is 36.2 Å². The Labute approximate surface area is 154 Å². The predicted octanol–water partition coefficient (Wildman–Crippen LogP) is 2.47. The fourth-order valence-corrected chi connectivity index (χ4v) is 4.29. The maximum atomic E-state index is 12.9. The molecule has 0 N–H and O–H groups in total. The second kappa shape index (κ2) is 7.65. The third kappa shape index (κ3) is 3.70. The summed E-state index contributed by atoms with van der Waals surface area (Å²) in [5.74, 6) is 0.867. The first kappa shape index (κ1) is 18.7. The molecule has 0 saturated heterocycles. The molecule has 26 heavy (non-hydrogen) atoms. The highest BCUT2D eigenvalue weighted by atomic mass is 32.2. The van der Waals surface area contributed by atoms with Gasteiger partial charge in [0.15, 0.2) is 11.5 Å². The monoisotopic (exact) mass is 377 g/mol. The zero-order valence-corrected chi connectivity index (χ0v) is 16.0. The molecule has 0 radical (unpaired) electrons. The van der Waals surface area contributed by atoms with Gasteiger partial charge in [0.1, 0.15) is 0 Å². The van der Waals surface area contributed by atoms with Gasteiger partial charge in [-0.05, 0) is 23.3 Å². The molecule has 0 spiro atoms. The molecule has 1 unspecified atom stereocenters. The van der Waals surface area contributed by atoms with Crippen LogP contribution in [0.3, 0.4) is 0 Å². The van der Waals surface area contributed by atoms with Gasteiger partial charge in [0.25, 0.3) is 0 Å². The summed E-state index contributed by atoms with van der Waals surface area (Å²) in [5, 5.41) is 0. The first-order valence-corrected chi connectivity index (χ1v) is 9.76. The summed E-state index contributed by atoms with van der Waals surface area (Å²) in [6, 6.07) is 12.7. The Morgan fingerprint density at radius 3 is 2.46 bits per heavy atom. The Hall–Kier alpha value is -2.09. The summed E-state index contributed by atoms with van der Waals surface area (Å²) in [5.41, 5.74) is 2.37. The van der Waals surface area contributed by atoms with Crippen LogP contribution < -0.4 is 9.47 Å². The standard InChI is InChI=1S/C19H23NO5S/c1-20(12-16-10-14-6-4-5-7-15(14)13-25-16)26(21,22)17-8-9-18(23-2)19(11-17)24-3/h4-9,11,16H,10,12-13H2,1-3H3. The highest BCUT2D eigenvalue weighted by Crippen LogP contribution is 2.30. The number of rotatable bonds is 6. The van der Waals surface area contributed by atoms with Gasteiger partial charge in [0.2, 0.25) is 10.0 Å². The van der Waals surface area contributed by atoms with E-state index in [1.54, 1.807) is 13.1 Å². The van der Waals surface area contributed by atoms with Crippen molar-refractivity contribution < 1.29 is 22.6 Å². The first-order chi connectivity index (χ1) is 12.5. The number of sulfonamides is 1. The minimum atomic E-state index is -3.66. The highest BCUT2D eigenvalue weighted by molar-refractivity contribution is 7.89. The lowest BCUT2D eigenvalue weighted by atomic mass is 9.99. The Bertz CT molecular complexity index is 881. The van der Waals surface area contributed by atoms with Crippen LogP contribution in [0, 0.1) is 0 Å². The van der Waals surface area contributed by atoms with Crippen LogP contribution in [0.15, 0.2) is 47.4 Å². The summed E-state index contributed by atoms with van der Waals surface area (Å²) >= 11 is 0. The van der Waals surface area contributed by atoms with Crippen molar-refractivity contribution in [3.05, 3.63) is 53.6 Å². The van der Waals surface area contributed by atoms with Crippen molar-refractivity contribution >= 4 is 10.0 Å². The van der Waals surface area contributed by atoms with Crippen molar-refractivity contribution in [1.82, 2.24) is 4.31 Å². The van der Waals surface area contributed by atoms with Crippen molar-refractivity contribution in [1.29, 1.82) is 0 Å². The molecule has 1 aliphatic rings. The van der Waals surface area contributed by atoms with Crippen LogP contribution in [-0.4, -0.2) is 46.6 Å². The summed E-state index contributed by atoms with van der Waals surface area (Å²) in [4.78, 5) is 0.161. The zero-order valence-electron chi connectivity index (χ0n) is 15.1. The fourth-order valence-electron chi connectivity index (χ4n) is 3.07. The summed E-state index contributed by atoms with van der Waals surface area (Å²) in [7, 11) is 0.898. The molecule has 0 aliphatic carbocycles. The molecule has 0 bridgehead atoms. The number of hydrogen-bond donors (Lipinski definition) is 0. The van der Waals surface area contributed by atoms with Crippen molar-refractivity contribution in [3.8, 4) is 11.5 Å². The van der Waals surface area contributed by atoms with E-state index in [-0.39, 0.29) is 17.5 Å². The normalized spacial score (nSPS) is 17.0. The maximum Gasteiger partial charge on any atom is 0.243 e. The van der Waals surface area contributed by atoms with Gasteiger partial charge in [-0.2, -0.15) is 4.31 Å². The predicted molar refractivity (Wildman–Crippen MR) is 98.1 cm³/mol. The van der Waals surface area contributed by atoms with Crippen molar-refractivity contribution in [2.24, 2.45) is 0 Å². The quantitative estimate of drug-likeness (QED) is 0.774. The van der Waals surface area contributed by atoms with Crippen molar-refractivity contribution in [2.45, 2.75) is 24.0 Å². The van der Waals surface area contributed by atoms with Crippen LogP contribution in [0.25, 0.3) is 0 Å². The van der Waals surface area contributed by atoms with Gasteiger partial charge in [0, 0.05) is 26.1 Å². The molecule has 6 nitrogen and oxygen atoms in total. The fraction of sp³-hybridized carbons (Fsp3) is 0.368. The Kier molecular flexibility index (Phi) is 5.50. The van der Waals surface area contributed by atoms with E-state index in [4.69, 9.17) is 14.2 Å². The highest BCUT2D eigenvalue weighted by Gasteiger charge is 2.27. The summed E-state index contributed by atoms with van der Waals surface area (Å²) in [6.07, 6.45) is 0.520. The smallest absolute Gasteiger partial charge is 0.243 e. The molecule has 0 fully saturated rings. The van der Waals surface area contributed by atoms with Gasteiger partial charge in [-0.1, -0.05) is 24.3 Å². The van der Waals surface area contributed by atoms with Gasteiger partial charge >= 0.3 is 0 Å². The second-order valence-corrected chi connectivity index (χ2v) is 8.25. The van der Waals surface area contributed by atoms with Gasteiger partial charge in [-0.3, -0.25) is 0 Å². The molecule has 7 heteroatoms. The molecule has 2 aromatic rings. The van der Waals surface area contributed by atoms with E-state index in [0.717, 1.165) is 5.56 Å². The van der Waals surface area contributed by atoms with Crippen molar-refractivity contribution in [2.75, 3.05) is 27.8 Å². The Morgan fingerprint density at radius 2 is 1.77 bits per heavy atom. The van der Waals surface area contributed by atoms with Crippen LogP contribution in [0.2, 0.25) is 0 Å². The molecular weight excluding hydrogens is 354 g/mol. The van der Waals surface area contributed by atoms with E-state index in [1.807, 2.05) is 18.2 Å². The minimum absolute atomic E-state index is 0.161. The molecule has 2 aromatic carbocycles. The van der Waals surface area contributed by atoms with Gasteiger partial charge in [0.05, 0.1) is 31.8 Å². The van der Waals surface area contributed by atoms with Gasteiger partial charge in [-0.15, -0.1) is 0 Å². The third-order valence-corrected chi connectivity index (χ3v) is 6.38. The van der Waals surface area contributed by atoms with E-state index >= 15 is 0 Å². The molecular formula is C19H23NO5S. The number of hydrogen-bond acceptors (Lipinski definition) is 5. The Morgan fingerprint density at radius 1 is 1.08 bits per heavy atom. The molecule has 140 valence electrons. The topological polar surface area (TPSA) is 65.1 Å². The molecule has 0 saturated carbocycles. The molecule has 0 amide bonds. The molecule has 1 aliphatic heterocycles. The lowest BCUT2D eigenvalue weighted by Gasteiger charge is -2.28. The molecule has 1 heterocycles. The van der Waals surface area contributed by atoms with Crippen molar-refractivity contribution in [3.63, 3.8) is 0 Å². The minimum Gasteiger partial charge on any atom is -0.493 e. The third-order valence-electron chi connectivity index (χ3n) is 4.56. The number of fused-ring (bicyclic) bond motifs is 1. The first-order valence-electron chi connectivity index (χ1n) is 8.32. The van der Waals surface area contributed by atoms with Crippen LogP contribution in [-0.2, 0) is 27.8 Å². The number of methoxy groups -OCH3 is 2. The van der Waals surface area contributed by atoms with Crippen LogP contribution in [0.1, 0.15) is 11.1 Å².